The molecular weight excluding hydrogens is 258 g/mol. The fourth-order valence-corrected chi connectivity index (χ4v) is 1.57. The molecule has 1 amide bonds. The Morgan fingerprint density at radius 3 is 2.78 bits per heavy atom. The lowest BCUT2D eigenvalue weighted by atomic mass is 10.2. The molecule has 3 N–H and O–H groups in total. The van der Waals surface area contributed by atoms with E-state index in [0.29, 0.717) is 25.1 Å². The zero-order chi connectivity index (χ0) is 13.5. The molecule has 0 aliphatic heterocycles. The number of hydrogen-bond acceptors (Lipinski definition) is 4. The molecule has 0 radical (unpaired) electrons. The summed E-state index contributed by atoms with van der Waals surface area (Å²) in [6.07, 6.45) is 1.81. The SMILES string of the molecule is NCCCCC(=O)Nc1ccc(Cl)c([N+](=O)[O-])c1. The second-order valence-electron chi connectivity index (χ2n) is 3.72. The van der Waals surface area contributed by atoms with E-state index in [4.69, 9.17) is 17.3 Å². The summed E-state index contributed by atoms with van der Waals surface area (Å²) in [4.78, 5) is 21.6. The molecule has 98 valence electrons. The maximum atomic E-state index is 11.5. The standard InChI is InChI=1S/C11H14ClN3O3/c12-9-5-4-8(7-10(9)15(17)18)14-11(16)3-1-2-6-13/h4-5,7H,1-3,6,13H2,(H,14,16). The summed E-state index contributed by atoms with van der Waals surface area (Å²) in [7, 11) is 0. The van der Waals surface area contributed by atoms with Crippen LogP contribution < -0.4 is 11.1 Å². The van der Waals surface area contributed by atoms with Crippen molar-refractivity contribution in [2.24, 2.45) is 5.73 Å². The van der Waals surface area contributed by atoms with E-state index in [2.05, 4.69) is 5.32 Å². The number of nitrogens with two attached hydrogens (primary N) is 1. The highest BCUT2D eigenvalue weighted by atomic mass is 35.5. The Labute approximate surface area is 109 Å². The number of carbonyl (C=O) groups is 1. The van der Waals surface area contributed by atoms with E-state index >= 15 is 0 Å². The highest BCUT2D eigenvalue weighted by Crippen LogP contribution is 2.27. The van der Waals surface area contributed by atoms with Crippen molar-refractivity contribution < 1.29 is 9.72 Å². The molecule has 0 unspecified atom stereocenters. The van der Waals surface area contributed by atoms with Crippen LogP contribution >= 0.6 is 11.6 Å². The van der Waals surface area contributed by atoms with Gasteiger partial charge in [-0.1, -0.05) is 11.6 Å². The van der Waals surface area contributed by atoms with Gasteiger partial charge in [0.1, 0.15) is 5.02 Å². The van der Waals surface area contributed by atoms with Gasteiger partial charge in [0.05, 0.1) is 4.92 Å². The van der Waals surface area contributed by atoms with Crippen molar-refractivity contribution in [3.05, 3.63) is 33.3 Å². The Morgan fingerprint density at radius 2 is 2.17 bits per heavy atom. The molecule has 1 aromatic rings. The smallest absolute Gasteiger partial charge is 0.289 e. The number of nitrogens with zero attached hydrogens (tertiary/aromatic N) is 1. The third kappa shape index (κ3) is 4.31. The molecule has 0 bridgehead atoms. The number of amides is 1. The molecular formula is C11H14ClN3O3. The molecule has 0 spiro atoms. The van der Waals surface area contributed by atoms with Crippen LogP contribution in [0.2, 0.25) is 5.02 Å². The average Bonchev–Trinajstić information content (AvgIpc) is 2.31. The number of anilines is 1. The Bertz CT molecular complexity index is 451. The average molecular weight is 272 g/mol. The van der Waals surface area contributed by atoms with Crippen LogP contribution in [0.4, 0.5) is 11.4 Å². The van der Waals surface area contributed by atoms with Gasteiger partial charge in [-0.25, -0.2) is 0 Å². The van der Waals surface area contributed by atoms with Crippen LogP contribution in [0, 0.1) is 10.1 Å². The molecule has 0 atom stereocenters. The largest absolute Gasteiger partial charge is 0.330 e. The van der Waals surface area contributed by atoms with Gasteiger partial charge in [-0.15, -0.1) is 0 Å². The van der Waals surface area contributed by atoms with E-state index in [1.54, 1.807) is 0 Å². The van der Waals surface area contributed by atoms with Gasteiger partial charge in [-0.05, 0) is 31.5 Å². The zero-order valence-corrected chi connectivity index (χ0v) is 10.4. The van der Waals surface area contributed by atoms with E-state index in [9.17, 15) is 14.9 Å². The van der Waals surface area contributed by atoms with Crippen molar-refractivity contribution >= 4 is 28.9 Å². The molecule has 0 fully saturated rings. The quantitative estimate of drug-likeness (QED) is 0.471. The van der Waals surface area contributed by atoms with Crippen molar-refractivity contribution in [3.8, 4) is 0 Å². The number of hydrogen-bond donors (Lipinski definition) is 2. The minimum absolute atomic E-state index is 0.0427. The van der Waals surface area contributed by atoms with Gasteiger partial charge in [-0.2, -0.15) is 0 Å². The number of benzene rings is 1. The highest BCUT2D eigenvalue weighted by molar-refractivity contribution is 6.32. The van der Waals surface area contributed by atoms with Crippen molar-refractivity contribution in [1.29, 1.82) is 0 Å². The molecule has 0 heterocycles. The summed E-state index contributed by atoms with van der Waals surface area (Å²) in [6.45, 7) is 0.541. The molecule has 0 saturated heterocycles. The van der Waals surface area contributed by atoms with E-state index in [1.165, 1.54) is 18.2 Å². The Morgan fingerprint density at radius 1 is 1.44 bits per heavy atom. The monoisotopic (exact) mass is 271 g/mol. The van der Waals surface area contributed by atoms with Crippen LogP contribution in [0.25, 0.3) is 0 Å². The summed E-state index contributed by atoms with van der Waals surface area (Å²) in [6, 6.07) is 4.15. The number of rotatable bonds is 6. The van der Waals surface area contributed by atoms with Crippen LogP contribution in [-0.4, -0.2) is 17.4 Å². The number of nitro groups is 1. The first-order valence-electron chi connectivity index (χ1n) is 5.48. The Hall–Kier alpha value is -1.66. The van der Waals surface area contributed by atoms with Crippen molar-refractivity contribution in [1.82, 2.24) is 0 Å². The van der Waals surface area contributed by atoms with E-state index in [-0.39, 0.29) is 16.6 Å². The molecule has 0 aliphatic carbocycles. The van der Waals surface area contributed by atoms with Crippen molar-refractivity contribution in [2.45, 2.75) is 19.3 Å². The Balaban J connectivity index is 2.65. The van der Waals surface area contributed by atoms with Gasteiger partial charge in [0.2, 0.25) is 5.91 Å². The third-order valence-corrected chi connectivity index (χ3v) is 2.60. The molecule has 0 aliphatic rings. The lowest BCUT2D eigenvalue weighted by molar-refractivity contribution is -0.384. The van der Waals surface area contributed by atoms with E-state index in [1.807, 2.05) is 0 Å². The van der Waals surface area contributed by atoms with Crippen LogP contribution in [0.3, 0.4) is 0 Å². The summed E-state index contributed by atoms with van der Waals surface area (Å²) < 4.78 is 0. The number of halogens is 1. The lowest BCUT2D eigenvalue weighted by Gasteiger charge is -2.05. The summed E-state index contributed by atoms with van der Waals surface area (Å²) in [5.41, 5.74) is 5.45. The molecule has 1 rings (SSSR count). The molecule has 6 nitrogen and oxygen atoms in total. The van der Waals surface area contributed by atoms with E-state index in [0.717, 1.165) is 6.42 Å². The predicted octanol–water partition coefficient (Wildman–Crippen LogP) is 2.32. The van der Waals surface area contributed by atoms with Gasteiger partial charge >= 0.3 is 0 Å². The summed E-state index contributed by atoms with van der Waals surface area (Å²) in [5, 5.41) is 13.3. The van der Waals surface area contributed by atoms with Crippen molar-refractivity contribution in [2.75, 3.05) is 11.9 Å². The number of nitrogens with one attached hydrogen (secondary N) is 1. The highest BCUT2D eigenvalue weighted by Gasteiger charge is 2.13. The zero-order valence-electron chi connectivity index (χ0n) is 9.69. The molecule has 7 heteroatoms. The van der Waals surface area contributed by atoms with Crippen LogP contribution in [0.5, 0.6) is 0 Å². The maximum absolute atomic E-state index is 11.5. The fourth-order valence-electron chi connectivity index (χ4n) is 1.38. The first kappa shape index (κ1) is 14.4. The van der Waals surface area contributed by atoms with Gasteiger partial charge in [0.15, 0.2) is 0 Å². The van der Waals surface area contributed by atoms with Gasteiger partial charge in [0.25, 0.3) is 5.69 Å². The Kier molecular flexibility index (Phi) is 5.54. The second kappa shape index (κ2) is 6.93. The van der Waals surface area contributed by atoms with Gasteiger partial charge in [-0.3, -0.25) is 14.9 Å². The molecule has 0 aromatic heterocycles. The first-order chi connectivity index (χ1) is 8.54. The molecule has 18 heavy (non-hydrogen) atoms. The minimum Gasteiger partial charge on any atom is -0.330 e. The lowest BCUT2D eigenvalue weighted by Crippen LogP contribution is -2.12. The third-order valence-electron chi connectivity index (χ3n) is 2.28. The van der Waals surface area contributed by atoms with E-state index < -0.39 is 4.92 Å². The molecule has 0 saturated carbocycles. The minimum atomic E-state index is -0.591. The summed E-state index contributed by atoms with van der Waals surface area (Å²) in [5.74, 6) is -0.194. The van der Waals surface area contributed by atoms with Crippen LogP contribution in [-0.2, 0) is 4.79 Å². The predicted molar refractivity (Wildman–Crippen MR) is 69.6 cm³/mol. The van der Waals surface area contributed by atoms with Crippen LogP contribution in [0.1, 0.15) is 19.3 Å². The summed E-state index contributed by atoms with van der Waals surface area (Å²) >= 11 is 5.66. The fraction of sp³-hybridized carbons (Fsp3) is 0.364. The topological polar surface area (TPSA) is 98.3 Å². The normalized spacial score (nSPS) is 10.1. The first-order valence-corrected chi connectivity index (χ1v) is 5.86. The molecule has 1 aromatic carbocycles. The van der Waals surface area contributed by atoms with Crippen LogP contribution in [0.15, 0.2) is 18.2 Å². The van der Waals surface area contributed by atoms with Crippen molar-refractivity contribution in [3.63, 3.8) is 0 Å². The number of unbranched alkanes of at least 4 members (excludes halogenated alkanes) is 1. The van der Waals surface area contributed by atoms with Gasteiger partial charge < -0.3 is 11.1 Å². The number of carbonyl (C=O) groups excluding carboxylic acids is 1. The number of nitro benzene ring substituents is 1. The van der Waals surface area contributed by atoms with Gasteiger partial charge in [0, 0.05) is 18.2 Å². The second-order valence-corrected chi connectivity index (χ2v) is 4.12. The maximum Gasteiger partial charge on any atom is 0.289 e.